The Hall–Kier alpha value is -1.13. The highest BCUT2D eigenvalue weighted by molar-refractivity contribution is 6.32. The van der Waals surface area contributed by atoms with Gasteiger partial charge in [0.15, 0.2) is 11.5 Å². The van der Waals surface area contributed by atoms with Gasteiger partial charge in [-0.3, -0.25) is 0 Å². The van der Waals surface area contributed by atoms with Crippen molar-refractivity contribution in [1.82, 2.24) is 5.32 Å². The van der Waals surface area contributed by atoms with Gasteiger partial charge in [0.25, 0.3) is 0 Å². The summed E-state index contributed by atoms with van der Waals surface area (Å²) < 4.78 is 11.8. The van der Waals surface area contributed by atoms with Crippen LogP contribution in [0.4, 0.5) is 0 Å². The molecule has 1 N–H and O–H groups in total. The summed E-state index contributed by atoms with van der Waals surface area (Å²) in [6.45, 7) is 6.96. The third kappa shape index (κ3) is 9.78. The molecule has 0 bridgehead atoms. The van der Waals surface area contributed by atoms with Crippen molar-refractivity contribution in [2.45, 2.75) is 65.5 Å². The molecule has 0 radical (unpaired) electrons. The smallest absolute Gasteiger partial charge is 0.180 e. The van der Waals surface area contributed by atoms with Gasteiger partial charge >= 0.3 is 0 Å². The zero-order chi connectivity index (χ0) is 20.9. The Bertz CT molecular complexity index is 723. The topological polar surface area (TPSA) is 30.5 Å². The number of ether oxygens (including phenoxy) is 2. The minimum absolute atomic E-state index is 0. The fraction of sp³-hybridized carbons (Fsp3) is 0.500. The van der Waals surface area contributed by atoms with Crippen molar-refractivity contribution >= 4 is 35.6 Å². The molecule has 0 unspecified atom stereocenters. The standard InChI is InChI=1S/C24H33Cl2NO2.ClH/c1-3-5-6-7-8-9-14-27-17-20-15-22(26)24(23(16-20)28-4-2)29-18-19-10-12-21(25)13-11-19;/h10-13,15-16,27H,3-9,14,17-18H2,1-2H3;1H. The van der Waals surface area contributed by atoms with Gasteiger partial charge in [0.2, 0.25) is 0 Å². The second-order valence-corrected chi connectivity index (χ2v) is 8.04. The lowest BCUT2D eigenvalue weighted by molar-refractivity contribution is 0.269. The third-order valence-electron chi connectivity index (χ3n) is 4.70. The molecule has 2 aromatic carbocycles. The number of halogens is 3. The van der Waals surface area contributed by atoms with Gasteiger partial charge in [0.1, 0.15) is 6.61 Å². The maximum Gasteiger partial charge on any atom is 0.180 e. The normalized spacial score (nSPS) is 10.5. The van der Waals surface area contributed by atoms with Crippen LogP contribution in [0.1, 0.15) is 63.5 Å². The minimum Gasteiger partial charge on any atom is -0.490 e. The molecule has 30 heavy (non-hydrogen) atoms. The van der Waals surface area contributed by atoms with Crippen molar-refractivity contribution in [3.05, 3.63) is 57.6 Å². The second kappa shape index (κ2) is 15.6. The predicted molar refractivity (Wildman–Crippen MR) is 131 cm³/mol. The Morgan fingerprint density at radius 2 is 1.53 bits per heavy atom. The summed E-state index contributed by atoms with van der Waals surface area (Å²) in [6, 6.07) is 11.6. The molecule has 0 aliphatic carbocycles. The van der Waals surface area contributed by atoms with Gasteiger partial charge in [-0.25, -0.2) is 0 Å². The molecular weight excluding hydrogens is 441 g/mol. The Balaban J connectivity index is 0.00000450. The Morgan fingerprint density at radius 1 is 0.833 bits per heavy atom. The number of hydrogen-bond acceptors (Lipinski definition) is 3. The predicted octanol–water partition coefficient (Wildman–Crippen LogP) is 7.84. The van der Waals surface area contributed by atoms with Crippen molar-refractivity contribution in [1.29, 1.82) is 0 Å². The van der Waals surface area contributed by atoms with Crippen LogP contribution in [-0.2, 0) is 13.2 Å². The molecule has 0 amide bonds. The van der Waals surface area contributed by atoms with Crippen LogP contribution in [0.15, 0.2) is 36.4 Å². The van der Waals surface area contributed by atoms with Crippen molar-refractivity contribution in [2.24, 2.45) is 0 Å². The van der Waals surface area contributed by atoms with Crippen molar-refractivity contribution in [2.75, 3.05) is 13.2 Å². The molecule has 2 rings (SSSR count). The van der Waals surface area contributed by atoms with E-state index in [9.17, 15) is 0 Å². The number of benzene rings is 2. The molecule has 0 spiro atoms. The summed E-state index contributed by atoms with van der Waals surface area (Å²) in [5, 5.41) is 4.78. The highest BCUT2D eigenvalue weighted by Gasteiger charge is 2.13. The summed E-state index contributed by atoms with van der Waals surface area (Å²) in [6.07, 6.45) is 7.81. The zero-order valence-electron chi connectivity index (χ0n) is 18.0. The van der Waals surface area contributed by atoms with E-state index in [-0.39, 0.29) is 12.4 Å². The Morgan fingerprint density at radius 3 is 2.23 bits per heavy atom. The first-order chi connectivity index (χ1) is 14.1. The van der Waals surface area contributed by atoms with Crippen LogP contribution in [0.3, 0.4) is 0 Å². The van der Waals surface area contributed by atoms with Gasteiger partial charge in [0.05, 0.1) is 11.6 Å². The maximum atomic E-state index is 6.52. The van der Waals surface area contributed by atoms with Crippen LogP contribution < -0.4 is 14.8 Å². The average molecular weight is 475 g/mol. The summed E-state index contributed by atoms with van der Waals surface area (Å²) in [5.74, 6) is 1.27. The lowest BCUT2D eigenvalue weighted by Crippen LogP contribution is -2.15. The van der Waals surface area contributed by atoms with E-state index in [2.05, 4.69) is 12.2 Å². The molecule has 2 aromatic rings. The fourth-order valence-electron chi connectivity index (χ4n) is 3.13. The van der Waals surface area contributed by atoms with E-state index in [1.165, 1.54) is 38.5 Å². The van der Waals surface area contributed by atoms with E-state index in [4.69, 9.17) is 32.7 Å². The Labute approximate surface area is 197 Å². The lowest BCUT2D eigenvalue weighted by Gasteiger charge is -2.16. The van der Waals surface area contributed by atoms with Crippen LogP contribution >= 0.6 is 35.6 Å². The summed E-state index contributed by atoms with van der Waals surface area (Å²) >= 11 is 12.5. The molecule has 168 valence electrons. The largest absolute Gasteiger partial charge is 0.490 e. The van der Waals surface area contributed by atoms with Crippen LogP contribution in [0.2, 0.25) is 10.0 Å². The van der Waals surface area contributed by atoms with Crippen molar-refractivity contribution in [3.63, 3.8) is 0 Å². The number of unbranched alkanes of at least 4 members (excludes halogenated alkanes) is 5. The number of rotatable bonds is 14. The number of hydrogen-bond donors (Lipinski definition) is 1. The molecule has 0 fully saturated rings. The molecule has 0 aliphatic rings. The SMILES string of the molecule is CCCCCCCCNCc1cc(Cl)c(OCc2ccc(Cl)cc2)c(OCC)c1.Cl. The van der Waals surface area contributed by atoms with Crippen molar-refractivity contribution in [3.8, 4) is 11.5 Å². The fourth-order valence-corrected chi connectivity index (χ4v) is 3.54. The molecule has 0 saturated heterocycles. The highest BCUT2D eigenvalue weighted by atomic mass is 35.5. The second-order valence-electron chi connectivity index (χ2n) is 7.20. The van der Waals surface area contributed by atoms with E-state index in [1.807, 2.05) is 43.3 Å². The van der Waals surface area contributed by atoms with Crippen LogP contribution in [0.25, 0.3) is 0 Å². The maximum absolute atomic E-state index is 6.52. The van der Waals surface area contributed by atoms with E-state index in [1.54, 1.807) is 0 Å². The van der Waals surface area contributed by atoms with Gasteiger partial charge in [-0.15, -0.1) is 12.4 Å². The van der Waals surface area contributed by atoms with Gasteiger partial charge in [-0.05, 0) is 55.3 Å². The quantitative estimate of drug-likeness (QED) is 0.283. The summed E-state index contributed by atoms with van der Waals surface area (Å²) in [7, 11) is 0. The molecular formula is C24H34Cl3NO2. The first-order valence-electron chi connectivity index (χ1n) is 10.7. The monoisotopic (exact) mass is 473 g/mol. The van der Waals surface area contributed by atoms with Crippen LogP contribution in [-0.4, -0.2) is 13.2 Å². The number of nitrogens with one attached hydrogen (secondary N) is 1. The molecule has 6 heteroatoms. The molecule has 3 nitrogen and oxygen atoms in total. The molecule has 0 aliphatic heterocycles. The Kier molecular flexibility index (Phi) is 14.0. The molecule has 0 heterocycles. The minimum atomic E-state index is 0. The van der Waals surface area contributed by atoms with Crippen molar-refractivity contribution < 1.29 is 9.47 Å². The summed E-state index contributed by atoms with van der Waals surface area (Å²) in [4.78, 5) is 0. The molecule has 0 aromatic heterocycles. The lowest BCUT2D eigenvalue weighted by atomic mass is 10.1. The highest BCUT2D eigenvalue weighted by Crippen LogP contribution is 2.37. The molecule has 0 saturated carbocycles. The van der Waals surface area contributed by atoms with E-state index in [0.717, 1.165) is 24.2 Å². The average Bonchev–Trinajstić information content (AvgIpc) is 2.71. The van der Waals surface area contributed by atoms with Gasteiger partial charge in [-0.2, -0.15) is 0 Å². The van der Waals surface area contributed by atoms with E-state index >= 15 is 0 Å². The van der Waals surface area contributed by atoms with Gasteiger partial charge in [-0.1, -0.05) is 74.4 Å². The van der Waals surface area contributed by atoms with Gasteiger partial charge < -0.3 is 14.8 Å². The van der Waals surface area contributed by atoms with Crippen LogP contribution in [0, 0.1) is 0 Å². The molecule has 0 atom stereocenters. The first-order valence-corrected chi connectivity index (χ1v) is 11.4. The zero-order valence-corrected chi connectivity index (χ0v) is 20.3. The van der Waals surface area contributed by atoms with E-state index < -0.39 is 0 Å². The first kappa shape index (κ1) is 26.9. The van der Waals surface area contributed by atoms with E-state index in [0.29, 0.717) is 34.8 Å². The summed E-state index contributed by atoms with van der Waals surface area (Å²) in [5.41, 5.74) is 2.13. The van der Waals surface area contributed by atoms with Gasteiger partial charge in [0, 0.05) is 11.6 Å². The van der Waals surface area contributed by atoms with Crippen LogP contribution in [0.5, 0.6) is 11.5 Å². The third-order valence-corrected chi connectivity index (χ3v) is 5.23.